The van der Waals surface area contributed by atoms with Gasteiger partial charge in [0, 0.05) is 55.9 Å². The highest BCUT2D eigenvalue weighted by molar-refractivity contribution is 5.91. The largest absolute Gasteiger partial charge is 0.378 e. The van der Waals surface area contributed by atoms with Crippen LogP contribution in [0.25, 0.3) is 6.08 Å². The Labute approximate surface area is 173 Å². The average molecular weight is 394 g/mol. The van der Waals surface area contributed by atoms with Crippen molar-refractivity contribution in [1.29, 1.82) is 0 Å². The summed E-state index contributed by atoms with van der Waals surface area (Å²) in [7, 11) is 1.87. The Bertz CT molecular complexity index is 905. The summed E-state index contributed by atoms with van der Waals surface area (Å²) < 4.78 is 7.88. The van der Waals surface area contributed by atoms with Crippen LogP contribution in [-0.2, 0) is 16.1 Å². The second kappa shape index (κ2) is 8.46. The molecule has 1 saturated heterocycles. The fourth-order valence-electron chi connectivity index (χ4n) is 4.24. The number of aryl methyl sites for hydroxylation is 1. The van der Waals surface area contributed by atoms with Crippen LogP contribution in [0.4, 0.5) is 5.69 Å². The van der Waals surface area contributed by atoms with E-state index in [2.05, 4.69) is 47.6 Å². The first kappa shape index (κ1) is 19.8. The molecule has 1 aliphatic heterocycles. The SMILES string of the molecule is Cc1cc(/C=C/C(=O)N(C)Cc2ccccc2N2CCOCC2)c(C)n1C1CC1. The van der Waals surface area contributed by atoms with Crippen LogP contribution in [0.15, 0.2) is 36.4 Å². The topological polar surface area (TPSA) is 37.7 Å². The van der Waals surface area contributed by atoms with Crippen molar-refractivity contribution in [3.8, 4) is 0 Å². The van der Waals surface area contributed by atoms with Gasteiger partial charge in [0.1, 0.15) is 0 Å². The molecule has 1 aromatic carbocycles. The van der Waals surface area contributed by atoms with Gasteiger partial charge in [-0.3, -0.25) is 4.79 Å². The summed E-state index contributed by atoms with van der Waals surface area (Å²) in [5.41, 5.74) is 6.06. The minimum Gasteiger partial charge on any atom is -0.378 e. The van der Waals surface area contributed by atoms with E-state index in [4.69, 9.17) is 4.74 Å². The molecule has 1 aliphatic carbocycles. The number of carbonyl (C=O) groups excluding carboxylic acids is 1. The van der Waals surface area contributed by atoms with Gasteiger partial charge in [-0.05, 0) is 56.0 Å². The second-order valence-electron chi connectivity index (χ2n) is 8.18. The first-order chi connectivity index (χ1) is 14.0. The van der Waals surface area contributed by atoms with Gasteiger partial charge in [0.15, 0.2) is 0 Å². The number of morpholine rings is 1. The molecular weight excluding hydrogens is 362 g/mol. The predicted molar refractivity (Wildman–Crippen MR) is 117 cm³/mol. The van der Waals surface area contributed by atoms with E-state index in [1.165, 1.54) is 35.5 Å². The molecule has 5 heteroatoms. The summed E-state index contributed by atoms with van der Waals surface area (Å²) in [5, 5.41) is 0. The number of carbonyl (C=O) groups is 1. The van der Waals surface area contributed by atoms with Crippen molar-refractivity contribution in [1.82, 2.24) is 9.47 Å². The lowest BCUT2D eigenvalue weighted by Crippen LogP contribution is -2.37. The van der Waals surface area contributed by atoms with Crippen LogP contribution in [0, 0.1) is 13.8 Å². The van der Waals surface area contributed by atoms with E-state index in [1.807, 2.05) is 19.2 Å². The lowest BCUT2D eigenvalue weighted by atomic mass is 10.1. The minimum atomic E-state index is 0.0259. The summed E-state index contributed by atoms with van der Waals surface area (Å²) in [6.07, 6.45) is 6.21. The third-order valence-corrected chi connectivity index (χ3v) is 5.97. The number of amides is 1. The fourth-order valence-corrected chi connectivity index (χ4v) is 4.24. The molecule has 0 bridgehead atoms. The summed E-state index contributed by atoms with van der Waals surface area (Å²) in [6.45, 7) is 8.20. The van der Waals surface area contributed by atoms with Gasteiger partial charge in [-0.15, -0.1) is 0 Å². The van der Waals surface area contributed by atoms with Gasteiger partial charge in [0.2, 0.25) is 5.91 Å². The van der Waals surface area contributed by atoms with Gasteiger partial charge in [0.05, 0.1) is 13.2 Å². The standard InChI is InChI=1S/C24H31N3O2/c1-18-16-20(19(2)27(18)22-9-10-22)8-11-24(28)25(3)17-21-6-4-5-7-23(21)26-12-14-29-15-13-26/h4-8,11,16,22H,9-10,12-15,17H2,1-3H3/b11-8+. The van der Waals surface area contributed by atoms with Crippen LogP contribution in [0.1, 0.15) is 41.4 Å². The van der Waals surface area contributed by atoms with Gasteiger partial charge in [-0.2, -0.15) is 0 Å². The Morgan fingerprint density at radius 2 is 1.93 bits per heavy atom. The van der Waals surface area contributed by atoms with Crippen molar-refractivity contribution in [2.24, 2.45) is 0 Å². The third-order valence-electron chi connectivity index (χ3n) is 5.97. The molecule has 0 unspecified atom stereocenters. The summed E-state index contributed by atoms with van der Waals surface area (Å²) in [6, 6.07) is 11.2. The van der Waals surface area contributed by atoms with Crippen molar-refractivity contribution in [2.75, 3.05) is 38.3 Å². The van der Waals surface area contributed by atoms with E-state index in [9.17, 15) is 4.79 Å². The number of ether oxygens (including phenoxy) is 1. The lowest BCUT2D eigenvalue weighted by Gasteiger charge is -2.31. The molecule has 0 atom stereocenters. The fraction of sp³-hybridized carbons (Fsp3) is 0.458. The molecule has 1 amide bonds. The number of rotatable bonds is 6. The van der Waals surface area contributed by atoms with Gasteiger partial charge in [0.25, 0.3) is 0 Å². The van der Waals surface area contributed by atoms with Crippen molar-refractivity contribution in [2.45, 2.75) is 39.3 Å². The van der Waals surface area contributed by atoms with Crippen LogP contribution in [0.5, 0.6) is 0 Å². The second-order valence-corrected chi connectivity index (χ2v) is 8.18. The highest BCUT2D eigenvalue weighted by Crippen LogP contribution is 2.38. The van der Waals surface area contributed by atoms with Gasteiger partial charge in [-0.25, -0.2) is 0 Å². The number of hydrogen-bond donors (Lipinski definition) is 0. The van der Waals surface area contributed by atoms with E-state index >= 15 is 0 Å². The maximum Gasteiger partial charge on any atom is 0.246 e. The van der Waals surface area contributed by atoms with Gasteiger partial charge in [-0.1, -0.05) is 18.2 Å². The van der Waals surface area contributed by atoms with E-state index in [-0.39, 0.29) is 5.91 Å². The van der Waals surface area contributed by atoms with Crippen LogP contribution < -0.4 is 4.90 Å². The van der Waals surface area contributed by atoms with E-state index in [1.54, 1.807) is 11.0 Å². The Morgan fingerprint density at radius 3 is 2.66 bits per heavy atom. The molecule has 2 aromatic rings. The molecule has 2 fully saturated rings. The van der Waals surface area contributed by atoms with Crippen molar-refractivity contribution >= 4 is 17.7 Å². The summed E-state index contributed by atoms with van der Waals surface area (Å²) >= 11 is 0. The van der Waals surface area contributed by atoms with Crippen LogP contribution in [0.2, 0.25) is 0 Å². The molecule has 4 rings (SSSR count). The molecule has 0 radical (unpaired) electrons. The molecule has 0 spiro atoms. The van der Waals surface area contributed by atoms with E-state index < -0.39 is 0 Å². The van der Waals surface area contributed by atoms with E-state index in [0.29, 0.717) is 12.6 Å². The van der Waals surface area contributed by atoms with Gasteiger partial charge >= 0.3 is 0 Å². The maximum absolute atomic E-state index is 12.8. The molecular formula is C24H31N3O2. The molecule has 29 heavy (non-hydrogen) atoms. The maximum atomic E-state index is 12.8. The normalized spacial score (nSPS) is 17.1. The average Bonchev–Trinajstić information content (AvgIpc) is 3.52. The predicted octanol–water partition coefficient (Wildman–Crippen LogP) is 3.95. The summed E-state index contributed by atoms with van der Waals surface area (Å²) in [4.78, 5) is 16.9. The number of anilines is 1. The monoisotopic (exact) mass is 393 g/mol. The number of para-hydroxylation sites is 1. The van der Waals surface area contributed by atoms with Crippen LogP contribution in [-0.4, -0.2) is 48.7 Å². The van der Waals surface area contributed by atoms with Crippen LogP contribution in [0.3, 0.4) is 0 Å². The molecule has 0 N–H and O–H groups in total. The Hall–Kier alpha value is -2.53. The quantitative estimate of drug-likeness (QED) is 0.698. The van der Waals surface area contributed by atoms with Crippen LogP contribution >= 0.6 is 0 Å². The first-order valence-corrected chi connectivity index (χ1v) is 10.6. The number of hydrogen-bond acceptors (Lipinski definition) is 3. The van der Waals surface area contributed by atoms with Crippen molar-refractivity contribution in [3.63, 3.8) is 0 Å². The molecule has 1 saturated carbocycles. The lowest BCUT2D eigenvalue weighted by molar-refractivity contribution is -0.125. The van der Waals surface area contributed by atoms with Crippen molar-refractivity contribution in [3.05, 3.63) is 58.9 Å². The number of benzene rings is 1. The summed E-state index contributed by atoms with van der Waals surface area (Å²) in [5.74, 6) is 0.0259. The van der Waals surface area contributed by atoms with Gasteiger partial charge < -0.3 is 19.1 Å². The highest BCUT2D eigenvalue weighted by atomic mass is 16.5. The highest BCUT2D eigenvalue weighted by Gasteiger charge is 2.26. The molecule has 2 aliphatic rings. The first-order valence-electron chi connectivity index (χ1n) is 10.6. The third kappa shape index (κ3) is 4.40. The zero-order valence-electron chi connectivity index (χ0n) is 17.7. The molecule has 5 nitrogen and oxygen atoms in total. The molecule has 1 aromatic heterocycles. The van der Waals surface area contributed by atoms with Crippen molar-refractivity contribution < 1.29 is 9.53 Å². The minimum absolute atomic E-state index is 0.0259. The Kier molecular flexibility index (Phi) is 5.76. The number of likely N-dealkylation sites (N-methyl/N-ethyl adjacent to an activating group) is 1. The Balaban J connectivity index is 1.44. The number of aromatic nitrogens is 1. The molecule has 154 valence electrons. The number of nitrogens with zero attached hydrogens (tertiary/aromatic N) is 3. The zero-order chi connectivity index (χ0) is 20.4. The molecule has 2 heterocycles. The Morgan fingerprint density at radius 1 is 1.21 bits per heavy atom. The van der Waals surface area contributed by atoms with E-state index in [0.717, 1.165) is 31.9 Å². The smallest absolute Gasteiger partial charge is 0.246 e. The zero-order valence-corrected chi connectivity index (χ0v) is 17.7.